The summed E-state index contributed by atoms with van der Waals surface area (Å²) in [6.07, 6.45) is 0.363. The molecule has 0 heterocycles. The number of benzene rings is 1. The first-order chi connectivity index (χ1) is 9.95. The first-order valence-electron chi connectivity index (χ1n) is 7.57. The Morgan fingerprint density at radius 3 is 2.62 bits per heavy atom. The summed E-state index contributed by atoms with van der Waals surface area (Å²) in [7, 11) is 1.66. The van der Waals surface area contributed by atoms with Crippen molar-refractivity contribution in [3.8, 4) is 5.75 Å². The highest BCUT2D eigenvalue weighted by molar-refractivity contribution is 5.83. The molecule has 0 saturated heterocycles. The molecule has 1 amide bonds. The summed E-state index contributed by atoms with van der Waals surface area (Å²) in [5.41, 5.74) is 1.11. The number of rotatable bonds is 6. The molecule has 0 aliphatic heterocycles. The van der Waals surface area contributed by atoms with Gasteiger partial charge in [0.2, 0.25) is 5.91 Å². The number of ether oxygens (including phenoxy) is 1. The van der Waals surface area contributed by atoms with Gasteiger partial charge in [-0.2, -0.15) is 0 Å². The molecule has 3 atom stereocenters. The summed E-state index contributed by atoms with van der Waals surface area (Å²) < 4.78 is 5.38. The third-order valence-corrected chi connectivity index (χ3v) is 4.01. The van der Waals surface area contributed by atoms with Gasteiger partial charge in [0, 0.05) is 18.5 Å². The summed E-state index contributed by atoms with van der Waals surface area (Å²) in [6.45, 7) is 6.08. The Morgan fingerprint density at radius 1 is 1.38 bits per heavy atom. The summed E-state index contributed by atoms with van der Waals surface area (Å²) in [5.74, 6) is 1.25. The van der Waals surface area contributed by atoms with E-state index in [0.29, 0.717) is 6.54 Å². The first-order valence-corrected chi connectivity index (χ1v) is 7.57. The van der Waals surface area contributed by atoms with E-state index in [-0.39, 0.29) is 23.8 Å². The number of carbonyl (C=O) groups excluding carboxylic acids is 1. The first kappa shape index (κ1) is 15.8. The van der Waals surface area contributed by atoms with Crippen LogP contribution in [0.1, 0.15) is 38.7 Å². The summed E-state index contributed by atoms with van der Waals surface area (Å²) in [5, 5.41) is 9.57. The van der Waals surface area contributed by atoms with Gasteiger partial charge in [0.05, 0.1) is 13.2 Å². The molecule has 1 aliphatic carbocycles. The normalized spacial score (nSPS) is 22.0. The van der Waals surface area contributed by atoms with Gasteiger partial charge >= 0.3 is 0 Å². The lowest BCUT2D eigenvalue weighted by molar-refractivity contribution is -0.135. The van der Waals surface area contributed by atoms with E-state index in [1.807, 2.05) is 38.1 Å². The Bertz CT molecular complexity index is 499. The molecule has 0 aromatic heterocycles. The maximum absolute atomic E-state index is 12.6. The molecule has 1 fully saturated rings. The number of hydrogen-bond donors (Lipinski definition) is 1. The maximum Gasteiger partial charge on any atom is 0.226 e. The number of nitrogens with zero attached hydrogens (tertiary/aromatic N) is 1. The molecule has 21 heavy (non-hydrogen) atoms. The topological polar surface area (TPSA) is 49.8 Å². The highest BCUT2D eigenvalue weighted by atomic mass is 16.5. The van der Waals surface area contributed by atoms with Gasteiger partial charge in [0.15, 0.2) is 0 Å². The molecule has 4 heteroatoms. The third kappa shape index (κ3) is 3.56. The highest BCUT2D eigenvalue weighted by Gasteiger charge is 2.47. The van der Waals surface area contributed by atoms with Gasteiger partial charge < -0.3 is 14.7 Å². The van der Waals surface area contributed by atoms with E-state index in [1.54, 1.807) is 18.9 Å². The molecule has 4 nitrogen and oxygen atoms in total. The van der Waals surface area contributed by atoms with Crippen LogP contribution >= 0.6 is 0 Å². The molecule has 1 saturated carbocycles. The zero-order chi connectivity index (χ0) is 15.6. The molecule has 2 rings (SSSR count). The van der Waals surface area contributed by atoms with Crippen molar-refractivity contribution in [2.45, 2.75) is 45.3 Å². The average Bonchev–Trinajstić information content (AvgIpc) is 3.23. The lowest BCUT2D eigenvalue weighted by Crippen LogP contribution is -2.42. The van der Waals surface area contributed by atoms with Crippen LogP contribution in [0.15, 0.2) is 24.3 Å². The third-order valence-electron chi connectivity index (χ3n) is 4.01. The second-order valence-electron chi connectivity index (χ2n) is 6.12. The van der Waals surface area contributed by atoms with E-state index in [4.69, 9.17) is 4.74 Å². The molecule has 1 aromatic carbocycles. The number of carbonyl (C=O) groups is 1. The van der Waals surface area contributed by atoms with E-state index < -0.39 is 6.10 Å². The number of hydrogen-bond acceptors (Lipinski definition) is 3. The number of aliphatic hydroxyl groups excluding tert-OH is 1. The molecule has 1 aromatic rings. The predicted octanol–water partition coefficient (Wildman–Crippen LogP) is 2.42. The van der Waals surface area contributed by atoms with Crippen molar-refractivity contribution in [3.05, 3.63) is 29.8 Å². The number of amides is 1. The Kier molecular flexibility index (Phi) is 4.88. The van der Waals surface area contributed by atoms with E-state index in [0.717, 1.165) is 17.7 Å². The van der Waals surface area contributed by atoms with Crippen molar-refractivity contribution in [1.29, 1.82) is 0 Å². The molecule has 3 unspecified atom stereocenters. The fourth-order valence-corrected chi connectivity index (χ4v) is 2.84. The fraction of sp³-hybridized carbons (Fsp3) is 0.588. The Balaban J connectivity index is 2.09. The second kappa shape index (κ2) is 6.48. The van der Waals surface area contributed by atoms with Crippen molar-refractivity contribution in [2.75, 3.05) is 13.7 Å². The average molecular weight is 291 g/mol. The lowest BCUT2D eigenvalue weighted by Gasteiger charge is -2.28. The molecule has 1 aliphatic rings. The van der Waals surface area contributed by atoms with Crippen molar-refractivity contribution in [1.82, 2.24) is 4.90 Å². The van der Waals surface area contributed by atoms with Crippen LogP contribution in [0.25, 0.3) is 0 Å². The molecule has 1 N–H and O–H groups in total. The van der Waals surface area contributed by atoms with Crippen LogP contribution in [-0.2, 0) is 4.79 Å². The Morgan fingerprint density at radius 2 is 2.05 bits per heavy atom. The zero-order valence-corrected chi connectivity index (χ0v) is 13.2. The van der Waals surface area contributed by atoms with Gasteiger partial charge in [-0.05, 0) is 44.7 Å². The van der Waals surface area contributed by atoms with Crippen molar-refractivity contribution < 1.29 is 14.6 Å². The maximum atomic E-state index is 12.6. The van der Waals surface area contributed by atoms with Crippen molar-refractivity contribution >= 4 is 5.91 Å². The number of para-hydroxylation sites is 1. The molecule has 0 radical (unpaired) electrons. The van der Waals surface area contributed by atoms with E-state index in [2.05, 4.69) is 0 Å². The summed E-state index contributed by atoms with van der Waals surface area (Å²) in [4.78, 5) is 14.4. The number of aliphatic hydroxyl groups is 1. The predicted molar refractivity (Wildman–Crippen MR) is 82.4 cm³/mol. The van der Waals surface area contributed by atoms with E-state index in [1.165, 1.54) is 0 Å². The van der Waals surface area contributed by atoms with Gasteiger partial charge in [0.25, 0.3) is 0 Å². The summed E-state index contributed by atoms with van der Waals surface area (Å²) >= 11 is 0. The van der Waals surface area contributed by atoms with Crippen LogP contribution in [0.4, 0.5) is 0 Å². The second-order valence-corrected chi connectivity index (χ2v) is 6.12. The molecular formula is C17H25NO3. The Hall–Kier alpha value is -1.55. The van der Waals surface area contributed by atoms with Crippen LogP contribution in [0.2, 0.25) is 0 Å². The monoisotopic (exact) mass is 291 g/mol. The standard InChI is InChI=1S/C17H25NO3/c1-11(2)18(10-12(3)19)17(20)15-9-14(15)13-7-5-6-8-16(13)21-4/h5-8,11-12,14-15,19H,9-10H2,1-4H3. The van der Waals surface area contributed by atoms with Gasteiger partial charge in [-0.3, -0.25) is 4.79 Å². The van der Waals surface area contributed by atoms with E-state index >= 15 is 0 Å². The fourth-order valence-electron chi connectivity index (χ4n) is 2.84. The van der Waals surface area contributed by atoms with Gasteiger partial charge in [0.1, 0.15) is 5.75 Å². The van der Waals surface area contributed by atoms with Crippen LogP contribution in [0, 0.1) is 5.92 Å². The minimum absolute atomic E-state index is 0.0162. The molecule has 0 spiro atoms. The largest absolute Gasteiger partial charge is 0.496 e. The van der Waals surface area contributed by atoms with Crippen molar-refractivity contribution in [3.63, 3.8) is 0 Å². The quantitative estimate of drug-likeness (QED) is 0.875. The highest BCUT2D eigenvalue weighted by Crippen LogP contribution is 2.51. The zero-order valence-electron chi connectivity index (χ0n) is 13.2. The SMILES string of the molecule is COc1ccccc1C1CC1C(=O)N(CC(C)O)C(C)C. The molecule has 116 valence electrons. The van der Waals surface area contributed by atoms with Gasteiger partial charge in [-0.25, -0.2) is 0 Å². The lowest BCUT2D eigenvalue weighted by atomic mass is 10.1. The van der Waals surface area contributed by atoms with Crippen molar-refractivity contribution in [2.24, 2.45) is 5.92 Å². The molecular weight excluding hydrogens is 266 g/mol. The Labute approximate surface area is 126 Å². The minimum Gasteiger partial charge on any atom is -0.496 e. The summed E-state index contributed by atoms with van der Waals surface area (Å²) in [6, 6.07) is 7.99. The van der Waals surface area contributed by atoms with Gasteiger partial charge in [-0.15, -0.1) is 0 Å². The van der Waals surface area contributed by atoms with Gasteiger partial charge in [-0.1, -0.05) is 18.2 Å². The van der Waals surface area contributed by atoms with Crippen LogP contribution in [0.3, 0.4) is 0 Å². The minimum atomic E-state index is -0.500. The van der Waals surface area contributed by atoms with Crippen LogP contribution in [-0.4, -0.2) is 41.7 Å². The smallest absolute Gasteiger partial charge is 0.226 e. The van der Waals surface area contributed by atoms with E-state index in [9.17, 15) is 9.90 Å². The van der Waals surface area contributed by atoms with Crippen LogP contribution < -0.4 is 4.74 Å². The molecule has 0 bridgehead atoms. The number of methoxy groups -OCH3 is 1. The van der Waals surface area contributed by atoms with Crippen LogP contribution in [0.5, 0.6) is 5.75 Å².